The van der Waals surface area contributed by atoms with E-state index in [2.05, 4.69) is 15.4 Å². The minimum Gasteiger partial charge on any atom is -0.480 e. The van der Waals surface area contributed by atoms with Gasteiger partial charge in [0, 0.05) is 19.3 Å². The number of carbonyl (C=O) groups excluding carboxylic acids is 1. The standard InChI is InChI=1S/C22H21F4N5O4S/c1-35-21-14(13-30(29-21)16-6-9-19(27-12-16)22(24,25)26)11-28-20(32)18-3-2-10-31(18)36(33,34)17-7-4-15(23)5-8-17/h4-9,12-13,18H,2-3,10-11H2,1H3,(H,28,32)/t18-/m0/s1. The molecule has 0 unspecified atom stereocenters. The molecule has 0 aliphatic carbocycles. The van der Waals surface area contributed by atoms with E-state index >= 15 is 0 Å². The van der Waals surface area contributed by atoms with Gasteiger partial charge >= 0.3 is 6.18 Å². The second-order valence-corrected chi connectivity index (χ2v) is 9.84. The van der Waals surface area contributed by atoms with Crippen LogP contribution in [0, 0.1) is 5.82 Å². The van der Waals surface area contributed by atoms with Crippen molar-refractivity contribution in [3.8, 4) is 11.6 Å². The summed E-state index contributed by atoms with van der Waals surface area (Å²) in [5.74, 6) is -0.993. The Kier molecular flexibility index (Phi) is 7.00. The molecule has 0 bridgehead atoms. The van der Waals surface area contributed by atoms with E-state index in [9.17, 15) is 30.8 Å². The maximum atomic E-state index is 13.2. The van der Waals surface area contributed by atoms with Gasteiger partial charge in [-0.2, -0.15) is 17.5 Å². The van der Waals surface area contributed by atoms with Crippen molar-refractivity contribution in [2.75, 3.05) is 13.7 Å². The Bertz CT molecular complexity index is 1340. The van der Waals surface area contributed by atoms with Gasteiger partial charge in [-0.25, -0.2) is 22.5 Å². The van der Waals surface area contributed by atoms with Crippen LogP contribution in [-0.2, 0) is 27.5 Å². The summed E-state index contributed by atoms with van der Waals surface area (Å²) in [5.41, 5.74) is -0.391. The predicted molar refractivity (Wildman–Crippen MR) is 118 cm³/mol. The monoisotopic (exact) mass is 527 g/mol. The van der Waals surface area contributed by atoms with Crippen LogP contribution in [0.15, 0.2) is 53.7 Å². The van der Waals surface area contributed by atoms with Crippen LogP contribution in [-0.4, -0.2) is 53.1 Å². The van der Waals surface area contributed by atoms with Gasteiger partial charge in [0.1, 0.15) is 17.6 Å². The Morgan fingerprint density at radius 2 is 1.92 bits per heavy atom. The maximum Gasteiger partial charge on any atom is 0.433 e. The Labute approximate surface area is 203 Å². The van der Waals surface area contributed by atoms with Crippen molar-refractivity contribution in [3.63, 3.8) is 0 Å². The molecule has 2 aromatic heterocycles. The summed E-state index contributed by atoms with van der Waals surface area (Å²) in [6.07, 6.45) is -1.33. The zero-order valence-corrected chi connectivity index (χ0v) is 19.7. The predicted octanol–water partition coefficient (Wildman–Crippen LogP) is 2.90. The van der Waals surface area contributed by atoms with Crippen LogP contribution in [0.25, 0.3) is 5.69 Å². The number of sulfonamides is 1. The van der Waals surface area contributed by atoms with E-state index in [1.165, 1.54) is 24.1 Å². The molecule has 4 rings (SSSR count). The number of halogens is 4. The highest BCUT2D eigenvalue weighted by molar-refractivity contribution is 7.89. The highest BCUT2D eigenvalue weighted by atomic mass is 32.2. The quantitative estimate of drug-likeness (QED) is 0.474. The fraction of sp³-hybridized carbons (Fsp3) is 0.318. The van der Waals surface area contributed by atoms with Gasteiger partial charge in [-0.1, -0.05) is 0 Å². The summed E-state index contributed by atoms with van der Waals surface area (Å²) in [7, 11) is -2.67. The molecule has 0 spiro atoms. The molecule has 1 aliphatic heterocycles. The number of hydrogen-bond acceptors (Lipinski definition) is 6. The number of pyridine rings is 1. The molecular weight excluding hydrogens is 506 g/mol. The molecule has 1 saturated heterocycles. The van der Waals surface area contributed by atoms with E-state index in [1.54, 1.807) is 0 Å². The first kappa shape index (κ1) is 25.6. The smallest absolute Gasteiger partial charge is 0.433 e. The molecule has 3 aromatic rings. The van der Waals surface area contributed by atoms with Crippen LogP contribution in [0.2, 0.25) is 0 Å². The number of benzene rings is 1. The molecule has 192 valence electrons. The van der Waals surface area contributed by atoms with Crippen molar-refractivity contribution >= 4 is 15.9 Å². The lowest BCUT2D eigenvalue weighted by molar-refractivity contribution is -0.141. The van der Waals surface area contributed by atoms with Crippen LogP contribution in [0.5, 0.6) is 5.88 Å². The van der Waals surface area contributed by atoms with E-state index in [0.717, 1.165) is 40.8 Å². The molecule has 36 heavy (non-hydrogen) atoms. The summed E-state index contributed by atoms with van der Waals surface area (Å²) in [5, 5.41) is 6.82. The van der Waals surface area contributed by atoms with Crippen LogP contribution >= 0.6 is 0 Å². The largest absolute Gasteiger partial charge is 0.480 e. The highest BCUT2D eigenvalue weighted by Gasteiger charge is 2.39. The van der Waals surface area contributed by atoms with Crippen molar-refractivity contribution in [2.45, 2.75) is 36.5 Å². The lowest BCUT2D eigenvalue weighted by atomic mass is 10.2. The van der Waals surface area contributed by atoms with Gasteiger partial charge in [0.2, 0.25) is 21.8 Å². The summed E-state index contributed by atoms with van der Waals surface area (Å²) in [6, 6.07) is 5.42. The third-order valence-electron chi connectivity index (χ3n) is 5.63. The summed E-state index contributed by atoms with van der Waals surface area (Å²) in [4.78, 5) is 16.2. The molecular formula is C22H21F4N5O4S. The maximum absolute atomic E-state index is 13.2. The average Bonchev–Trinajstić information content (AvgIpc) is 3.50. The molecule has 1 aliphatic rings. The van der Waals surface area contributed by atoms with Crippen LogP contribution in [0.4, 0.5) is 17.6 Å². The molecule has 3 heterocycles. The zero-order chi connectivity index (χ0) is 26.1. The van der Waals surface area contributed by atoms with Crippen molar-refractivity contribution in [1.29, 1.82) is 0 Å². The lowest BCUT2D eigenvalue weighted by Gasteiger charge is -2.23. The Hall–Kier alpha value is -3.52. The van der Waals surface area contributed by atoms with E-state index in [-0.39, 0.29) is 29.6 Å². The normalized spacial score (nSPS) is 16.8. The zero-order valence-electron chi connectivity index (χ0n) is 18.9. The molecule has 0 saturated carbocycles. The molecule has 0 radical (unpaired) electrons. The number of rotatable bonds is 7. The van der Waals surface area contributed by atoms with E-state index in [0.29, 0.717) is 18.4 Å². The Morgan fingerprint density at radius 1 is 1.19 bits per heavy atom. The summed E-state index contributed by atoms with van der Waals surface area (Å²) in [6.45, 7) is 0.0664. The van der Waals surface area contributed by atoms with Gasteiger partial charge in [-0.05, 0) is 49.2 Å². The first-order chi connectivity index (χ1) is 17.0. The van der Waals surface area contributed by atoms with Gasteiger partial charge in [-0.15, -0.1) is 5.10 Å². The molecule has 1 amide bonds. The highest BCUT2D eigenvalue weighted by Crippen LogP contribution is 2.29. The Morgan fingerprint density at radius 3 is 2.53 bits per heavy atom. The van der Waals surface area contributed by atoms with Crippen molar-refractivity contribution in [3.05, 3.63) is 65.9 Å². The van der Waals surface area contributed by atoms with E-state index in [4.69, 9.17) is 4.74 Å². The van der Waals surface area contributed by atoms with Crippen molar-refractivity contribution in [2.24, 2.45) is 0 Å². The second-order valence-electron chi connectivity index (χ2n) is 7.95. The summed E-state index contributed by atoms with van der Waals surface area (Å²) < 4.78 is 85.0. The average molecular weight is 528 g/mol. The van der Waals surface area contributed by atoms with Crippen LogP contribution in [0.3, 0.4) is 0 Å². The van der Waals surface area contributed by atoms with Gasteiger partial charge in [0.15, 0.2) is 0 Å². The number of aromatic nitrogens is 3. The molecule has 1 N–H and O–H groups in total. The number of hydrogen-bond donors (Lipinski definition) is 1. The van der Waals surface area contributed by atoms with Gasteiger partial charge < -0.3 is 10.1 Å². The Balaban J connectivity index is 1.47. The molecule has 1 fully saturated rings. The number of ether oxygens (including phenoxy) is 1. The molecule has 9 nitrogen and oxygen atoms in total. The second kappa shape index (κ2) is 9.85. The SMILES string of the molecule is COc1nn(-c2ccc(C(F)(F)F)nc2)cc1CNC(=O)[C@@H]1CCCN1S(=O)(=O)c1ccc(F)cc1. The first-order valence-corrected chi connectivity index (χ1v) is 12.2. The molecule has 14 heteroatoms. The minimum absolute atomic E-state index is 0.0724. The lowest BCUT2D eigenvalue weighted by Crippen LogP contribution is -2.45. The number of alkyl halides is 3. The van der Waals surface area contributed by atoms with Crippen molar-refractivity contribution < 1.29 is 35.5 Å². The number of carbonyl (C=O) groups is 1. The number of methoxy groups -OCH3 is 1. The first-order valence-electron chi connectivity index (χ1n) is 10.7. The fourth-order valence-electron chi connectivity index (χ4n) is 3.84. The van der Waals surface area contributed by atoms with Gasteiger partial charge in [-0.3, -0.25) is 4.79 Å². The minimum atomic E-state index is -4.58. The molecule has 1 aromatic carbocycles. The third-order valence-corrected chi connectivity index (χ3v) is 7.55. The van der Waals surface area contributed by atoms with Crippen molar-refractivity contribution in [1.82, 2.24) is 24.4 Å². The van der Waals surface area contributed by atoms with E-state index in [1.807, 2.05) is 0 Å². The number of amides is 1. The topological polar surface area (TPSA) is 106 Å². The van der Waals surface area contributed by atoms with E-state index < -0.39 is 39.7 Å². The van der Waals surface area contributed by atoms with Crippen LogP contribution in [0.1, 0.15) is 24.1 Å². The van der Waals surface area contributed by atoms with Gasteiger partial charge in [0.25, 0.3) is 0 Å². The van der Waals surface area contributed by atoms with Gasteiger partial charge in [0.05, 0.1) is 29.5 Å². The third kappa shape index (κ3) is 5.18. The number of nitrogens with zero attached hydrogens (tertiary/aromatic N) is 4. The van der Waals surface area contributed by atoms with Crippen LogP contribution < -0.4 is 10.1 Å². The molecule has 1 atom stereocenters. The fourth-order valence-corrected chi connectivity index (χ4v) is 5.50. The number of nitrogens with one attached hydrogen (secondary N) is 1. The summed E-state index contributed by atoms with van der Waals surface area (Å²) >= 11 is 0.